The fourth-order valence-corrected chi connectivity index (χ4v) is 4.22. The van der Waals surface area contributed by atoms with E-state index in [1.165, 1.54) is 0 Å². The fraction of sp³-hybridized carbons (Fsp3) is 0.500. The smallest absolute Gasteiger partial charge is 0.240 e. The number of likely N-dealkylation sites (tertiary alicyclic amines) is 1. The highest BCUT2D eigenvalue weighted by Crippen LogP contribution is 2.43. The number of hydrogen-bond donors (Lipinski definition) is 0. The van der Waals surface area contributed by atoms with E-state index in [0.717, 1.165) is 36.3 Å². The van der Waals surface area contributed by atoms with Gasteiger partial charge in [-0.05, 0) is 43.9 Å². The molecule has 0 spiro atoms. The summed E-state index contributed by atoms with van der Waals surface area (Å²) in [6.45, 7) is 3.27. The Bertz CT molecular complexity index is 754. The summed E-state index contributed by atoms with van der Waals surface area (Å²) in [5.74, 6) is 1.59. The molecule has 5 heteroatoms. The van der Waals surface area contributed by atoms with Crippen LogP contribution in [0.3, 0.4) is 0 Å². The molecule has 1 saturated heterocycles. The molecule has 0 unspecified atom stereocenters. The number of carbonyl (C=O) groups is 1. The van der Waals surface area contributed by atoms with Crippen molar-refractivity contribution in [2.45, 2.75) is 32.2 Å². The number of allylic oxidation sites excluding steroid dienone is 2. The molecule has 0 bridgehead atoms. The van der Waals surface area contributed by atoms with Crippen molar-refractivity contribution in [3.05, 3.63) is 47.7 Å². The molecule has 1 aliphatic heterocycles. The summed E-state index contributed by atoms with van der Waals surface area (Å²) >= 11 is 0. The maximum atomic E-state index is 13.6. The van der Waals surface area contributed by atoms with Crippen LogP contribution >= 0.6 is 0 Å². The first kappa shape index (κ1) is 19.5. The van der Waals surface area contributed by atoms with E-state index >= 15 is 0 Å². The van der Waals surface area contributed by atoms with Crippen molar-refractivity contribution in [2.24, 2.45) is 5.41 Å². The molecule has 1 amide bonds. The number of hydrogen-bond acceptors (Lipinski definition) is 4. The zero-order valence-electron chi connectivity index (χ0n) is 16.7. The number of para-hydroxylation sites is 1. The van der Waals surface area contributed by atoms with Crippen LogP contribution < -0.4 is 4.74 Å². The van der Waals surface area contributed by atoms with E-state index in [-0.39, 0.29) is 11.9 Å². The van der Waals surface area contributed by atoms with Crippen molar-refractivity contribution in [2.75, 3.05) is 34.5 Å². The van der Waals surface area contributed by atoms with E-state index in [4.69, 9.17) is 14.2 Å². The lowest BCUT2D eigenvalue weighted by Crippen LogP contribution is -2.47. The average molecular weight is 371 g/mol. The number of benzene rings is 1. The summed E-state index contributed by atoms with van der Waals surface area (Å²) in [7, 11) is 4.99. The molecule has 146 valence electrons. The van der Waals surface area contributed by atoms with Gasteiger partial charge in [-0.1, -0.05) is 24.3 Å². The Labute approximate surface area is 161 Å². The van der Waals surface area contributed by atoms with Crippen LogP contribution in [-0.4, -0.2) is 51.3 Å². The zero-order chi connectivity index (χ0) is 19.4. The Morgan fingerprint density at radius 1 is 1.22 bits per heavy atom. The van der Waals surface area contributed by atoms with Gasteiger partial charge in [0, 0.05) is 19.2 Å². The highest BCUT2D eigenvalue weighted by Gasteiger charge is 2.44. The maximum absolute atomic E-state index is 13.6. The van der Waals surface area contributed by atoms with Crippen molar-refractivity contribution in [3.8, 4) is 5.75 Å². The Morgan fingerprint density at radius 2 is 2.00 bits per heavy atom. The molecule has 2 aliphatic rings. The molecule has 1 heterocycles. The van der Waals surface area contributed by atoms with Gasteiger partial charge in [-0.25, -0.2) is 0 Å². The number of carbonyl (C=O) groups excluding carboxylic acids is 1. The summed E-state index contributed by atoms with van der Waals surface area (Å²) in [5.41, 5.74) is 1.26. The summed E-state index contributed by atoms with van der Waals surface area (Å²) in [6, 6.07) is 8.04. The fourth-order valence-electron chi connectivity index (χ4n) is 4.22. The standard InChI is InChI=1S/C22H29NO4/c1-22(21(24)23-13-7-8-17(23)15-25-2)14-16(11-12-20(22)27-4)18-9-5-6-10-19(18)26-3/h5-6,9-10,12,14,17H,7-8,11,13,15H2,1-4H3/t17-,22+/m0/s1. The van der Waals surface area contributed by atoms with Gasteiger partial charge in [0.15, 0.2) is 0 Å². The van der Waals surface area contributed by atoms with E-state index < -0.39 is 5.41 Å². The zero-order valence-corrected chi connectivity index (χ0v) is 16.7. The first-order valence-corrected chi connectivity index (χ1v) is 9.45. The van der Waals surface area contributed by atoms with Crippen LogP contribution in [-0.2, 0) is 14.3 Å². The van der Waals surface area contributed by atoms with Gasteiger partial charge in [-0.3, -0.25) is 4.79 Å². The monoisotopic (exact) mass is 371 g/mol. The quantitative estimate of drug-likeness (QED) is 0.766. The van der Waals surface area contributed by atoms with Crippen LogP contribution in [0.5, 0.6) is 5.75 Å². The number of ether oxygens (including phenoxy) is 3. The average Bonchev–Trinajstić information content (AvgIpc) is 3.15. The Morgan fingerprint density at radius 3 is 2.70 bits per heavy atom. The molecule has 2 atom stereocenters. The molecule has 27 heavy (non-hydrogen) atoms. The van der Waals surface area contributed by atoms with Gasteiger partial charge in [0.05, 0.1) is 26.9 Å². The minimum atomic E-state index is -0.834. The molecule has 0 N–H and O–H groups in total. The van der Waals surface area contributed by atoms with Crippen LogP contribution in [0.4, 0.5) is 0 Å². The van der Waals surface area contributed by atoms with Gasteiger partial charge in [0.25, 0.3) is 0 Å². The van der Waals surface area contributed by atoms with E-state index in [9.17, 15) is 4.79 Å². The van der Waals surface area contributed by atoms with Gasteiger partial charge in [-0.15, -0.1) is 0 Å². The Kier molecular flexibility index (Phi) is 5.90. The van der Waals surface area contributed by atoms with E-state index in [0.29, 0.717) is 18.8 Å². The SMILES string of the molecule is COC[C@@H]1CCCN1C(=O)[C@]1(C)C=C(c2ccccc2OC)CC=C1OC. The number of nitrogens with zero attached hydrogens (tertiary/aromatic N) is 1. The summed E-state index contributed by atoms with van der Waals surface area (Å²) in [6.07, 6.45) is 6.75. The highest BCUT2D eigenvalue weighted by molar-refractivity contribution is 5.91. The molecule has 1 aromatic carbocycles. The Balaban J connectivity index is 1.98. The van der Waals surface area contributed by atoms with Crippen molar-refractivity contribution < 1.29 is 19.0 Å². The van der Waals surface area contributed by atoms with Gasteiger partial charge in [0.2, 0.25) is 5.91 Å². The molecule has 1 aliphatic carbocycles. The minimum Gasteiger partial charge on any atom is -0.500 e. The van der Waals surface area contributed by atoms with Gasteiger partial charge in [0.1, 0.15) is 16.9 Å². The normalized spacial score (nSPS) is 25.0. The molecule has 0 aromatic heterocycles. The van der Waals surface area contributed by atoms with Crippen LogP contribution in [0, 0.1) is 5.41 Å². The molecule has 0 saturated carbocycles. The lowest BCUT2D eigenvalue weighted by atomic mass is 9.78. The molecular weight excluding hydrogens is 342 g/mol. The topological polar surface area (TPSA) is 48.0 Å². The maximum Gasteiger partial charge on any atom is 0.240 e. The second-order valence-corrected chi connectivity index (χ2v) is 7.30. The van der Waals surface area contributed by atoms with Crippen molar-refractivity contribution in [1.29, 1.82) is 0 Å². The second kappa shape index (κ2) is 8.17. The van der Waals surface area contributed by atoms with E-state index in [2.05, 4.69) is 0 Å². The largest absolute Gasteiger partial charge is 0.500 e. The number of methoxy groups -OCH3 is 3. The second-order valence-electron chi connectivity index (χ2n) is 7.30. The first-order valence-electron chi connectivity index (χ1n) is 9.45. The molecule has 0 radical (unpaired) electrons. The predicted octanol–water partition coefficient (Wildman–Crippen LogP) is 3.66. The summed E-state index contributed by atoms with van der Waals surface area (Å²) < 4.78 is 16.5. The minimum absolute atomic E-state index is 0.0715. The lowest BCUT2D eigenvalue weighted by molar-refractivity contribution is -0.140. The number of amides is 1. The van der Waals surface area contributed by atoms with Gasteiger partial charge in [-0.2, -0.15) is 0 Å². The molecule has 1 fully saturated rings. The third-order valence-electron chi connectivity index (χ3n) is 5.60. The van der Waals surface area contributed by atoms with E-state index in [1.54, 1.807) is 21.3 Å². The van der Waals surface area contributed by atoms with Crippen LogP contribution in [0.15, 0.2) is 42.2 Å². The summed E-state index contributed by atoms with van der Waals surface area (Å²) in [4.78, 5) is 15.5. The van der Waals surface area contributed by atoms with Crippen LogP contribution in [0.2, 0.25) is 0 Å². The molecular formula is C22H29NO4. The predicted molar refractivity (Wildman–Crippen MR) is 105 cm³/mol. The van der Waals surface area contributed by atoms with Crippen LogP contribution in [0.1, 0.15) is 31.7 Å². The molecule has 3 rings (SSSR count). The third-order valence-corrected chi connectivity index (χ3v) is 5.60. The highest BCUT2D eigenvalue weighted by atomic mass is 16.5. The Hall–Kier alpha value is -2.27. The third kappa shape index (κ3) is 3.61. The number of rotatable bonds is 6. The lowest BCUT2D eigenvalue weighted by Gasteiger charge is -2.36. The van der Waals surface area contributed by atoms with Gasteiger partial charge >= 0.3 is 0 Å². The van der Waals surface area contributed by atoms with Crippen molar-refractivity contribution in [3.63, 3.8) is 0 Å². The van der Waals surface area contributed by atoms with Gasteiger partial charge < -0.3 is 19.1 Å². The molecule has 1 aromatic rings. The first-order chi connectivity index (χ1) is 13.0. The van der Waals surface area contributed by atoms with Crippen molar-refractivity contribution in [1.82, 2.24) is 4.90 Å². The summed E-state index contributed by atoms with van der Waals surface area (Å²) in [5, 5.41) is 0. The van der Waals surface area contributed by atoms with Crippen molar-refractivity contribution >= 4 is 11.5 Å². The van der Waals surface area contributed by atoms with Crippen LogP contribution in [0.25, 0.3) is 5.57 Å². The molecule has 5 nitrogen and oxygen atoms in total. The van der Waals surface area contributed by atoms with E-state index in [1.807, 2.05) is 48.2 Å².